The Morgan fingerprint density at radius 1 is 1.35 bits per heavy atom. The minimum Gasteiger partial charge on any atom is -0.444 e. The number of rotatable bonds is 2. The molecular weight excluding hydrogens is 290 g/mol. The molecule has 2 fully saturated rings. The number of nitrogens with zero attached hydrogens (tertiary/aromatic N) is 3. The van der Waals surface area contributed by atoms with Crippen LogP contribution >= 0.6 is 0 Å². The highest BCUT2D eigenvalue weighted by Gasteiger charge is 2.52. The van der Waals surface area contributed by atoms with Crippen LogP contribution in [0, 0.1) is 11.3 Å². The van der Waals surface area contributed by atoms with E-state index in [1.54, 1.807) is 4.90 Å². The molecule has 3 rings (SSSR count). The van der Waals surface area contributed by atoms with Gasteiger partial charge in [-0.2, -0.15) is 5.26 Å². The average Bonchev–Trinajstić information content (AvgIpc) is 3.04. The fraction of sp³-hybridized carbons (Fsp3) is 0.556. The molecule has 2 saturated heterocycles. The second kappa shape index (κ2) is 5.86. The van der Waals surface area contributed by atoms with E-state index in [9.17, 15) is 10.1 Å². The third-order valence-corrected chi connectivity index (χ3v) is 4.48. The van der Waals surface area contributed by atoms with Crippen molar-refractivity contribution < 1.29 is 9.53 Å². The summed E-state index contributed by atoms with van der Waals surface area (Å²) in [5.41, 5.74) is 0.689. The molecule has 0 N–H and O–H groups in total. The van der Waals surface area contributed by atoms with Crippen LogP contribution in [0.25, 0.3) is 0 Å². The quantitative estimate of drug-likeness (QED) is 0.842. The molecule has 1 aromatic rings. The molecule has 3 atom stereocenters. The largest absolute Gasteiger partial charge is 0.444 e. The summed E-state index contributed by atoms with van der Waals surface area (Å²) in [5.74, 6) is 0. The lowest BCUT2D eigenvalue weighted by Gasteiger charge is -2.38. The van der Waals surface area contributed by atoms with E-state index in [1.165, 1.54) is 5.56 Å². The zero-order chi connectivity index (χ0) is 16.6. The van der Waals surface area contributed by atoms with Crippen molar-refractivity contribution in [2.75, 3.05) is 6.54 Å². The lowest BCUT2D eigenvalue weighted by molar-refractivity contribution is 0.00662. The summed E-state index contributed by atoms with van der Waals surface area (Å²) in [6, 6.07) is 12.5. The Kier molecular flexibility index (Phi) is 4.03. The Bertz CT molecular complexity index is 617. The highest BCUT2D eigenvalue weighted by Crippen LogP contribution is 2.37. The Hall–Kier alpha value is -2.06. The molecule has 122 valence electrons. The van der Waals surface area contributed by atoms with E-state index in [0.29, 0.717) is 6.54 Å². The van der Waals surface area contributed by atoms with Crippen molar-refractivity contribution in [1.82, 2.24) is 9.80 Å². The fourth-order valence-electron chi connectivity index (χ4n) is 3.54. The molecule has 0 spiro atoms. The molecule has 1 amide bonds. The number of amides is 1. The number of likely N-dealkylation sites (tertiary alicyclic amines) is 2. The van der Waals surface area contributed by atoms with E-state index in [1.807, 2.05) is 39.0 Å². The van der Waals surface area contributed by atoms with E-state index in [4.69, 9.17) is 4.74 Å². The van der Waals surface area contributed by atoms with Crippen LogP contribution in [0.2, 0.25) is 0 Å². The van der Waals surface area contributed by atoms with Gasteiger partial charge in [0, 0.05) is 19.1 Å². The number of hydrogen-bond donors (Lipinski definition) is 0. The number of hydrogen-bond acceptors (Lipinski definition) is 4. The monoisotopic (exact) mass is 313 g/mol. The minimum absolute atomic E-state index is 0.0661. The van der Waals surface area contributed by atoms with Crippen LogP contribution in [-0.4, -0.2) is 46.2 Å². The highest BCUT2D eigenvalue weighted by molar-refractivity contribution is 5.69. The minimum atomic E-state index is -0.509. The van der Waals surface area contributed by atoms with E-state index < -0.39 is 5.60 Å². The van der Waals surface area contributed by atoms with E-state index in [2.05, 4.69) is 23.1 Å². The summed E-state index contributed by atoms with van der Waals surface area (Å²) in [4.78, 5) is 16.3. The van der Waals surface area contributed by atoms with Gasteiger partial charge in [-0.05, 0) is 32.8 Å². The lowest BCUT2D eigenvalue weighted by Crippen LogP contribution is -2.54. The Labute approximate surface area is 137 Å². The van der Waals surface area contributed by atoms with E-state index in [0.717, 1.165) is 13.0 Å². The summed E-state index contributed by atoms with van der Waals surface area (Å²) in [6.45, 7) is 6.99. The van der Waals surface area contributed by atoms with Gasteiger partial charge in [-0.15, -0.1) is 0 Å². The van der Waals surface area contributed by atoms with Crippen molar-refractivity contribution in [2.45, 2.75) is 57.5 Å². The van der Waals surface area contributed by atoms with Crippen molar-refractivity contribution >= 4 is 6.09 Å². The third-order valence-electron chi connectivity index (χ3n) is 4.48. The van der Waals surface area contributed by atoms with Crippen LogP contribution in [0.3, 0.4) is 0 Å². The predicted octanol–water partition coefficient (Wildman–Crippen LogP) is 2.77. The molecule has 0 aromatic heterocycles. The molecule has 0 saturated carbocycles. The zero-order valence-corrected chi connectivity index (χ0v) is 13.9. The molecular formula is C18H23N3O2. The van der Waals surface area contributed by atoms with Gasteiger partial charge in [0.1, 0.15) is 11.6 Å². The van der Waals surface area contributed by atoms with Gasteiger partial charge in [0.15, 0.2) is 0 Å². The fourth-order valence-corrected chi connectivity index (χ4v) is 3.54. The number of nitriles is 1. The molecule has 23 heavy (non-hydrogen) atoms. The first kappa shape index (κ1) is 15.8. The third kappa shape index (κ3) is 3.18. The predicted molar refractivity (Wildman–Crippen MR) is 86.5 cm³/mol. The second-order valence-electron chi connectivity index (χ2n) is 7.32. The zero-order valence-electron chi connectivity index (χ0n) is 13.9. The smallest absolute Gasteiger partial charge is 0.410 e. The molecule has 0 aliphatic carbocycles. The first-order chi connectivity index (χ1) is 10.9. The summed E-state index contributed by atoms with van der Waals surface area (Å²) >= 11 is 0. The van der Waals surface area contributed by atoms with Gasteiger partial charge in [-0.25, -0.2) is 4.79 Å². The number of fused-ring (bicyclic) bond motifs is 2. The van der Waals surface area contributed by atoms with Gasteiger partial charge >= 0.3 is 6.09 Å². The maximum absolute atomic E-state index is 12.4. The van der Waals surface area contributed by atoms with E-state index in [-0.39, 0.29) is 24.2 Å². The molecule has 2 aliphatic rings. The normalized spacial score (nSPS) is 27.0. The number of carbonyl (C=O) groups excluding carboxylic acids is 1. The number of ether oxygens (including phenoxy) is 1. The molecule has 1 aromatic carbocycles. The van der Waals surface area contributed by atoms with Crippen molar-refractivity contribution in [3.63, 3.8) is 0 Å². The molecule has 0 unspecified atom stereocenters. The highest BCUT2D eigenvalue weighted by atomic mass is 16.6. The molecule has 5 nitrogen and oxygen atoms in total. The topological polar surface area (TPSA) is 56.6 Å². The maximum atomic E-state index is 12.4. The van der Waals surface area contributed by atoms with Gasteiger partial charge in [-0.1, -0.05) is 30.3 Å². The van der Waals surface area contributed by atoms with Crippen molar-refractivity contribution in [3.8, 4) is 6.07 Å². The molecule has 0 radical (unpaired) electrons. The molecule has 2 bridgehead atoms. The average molecular weight is 313 g/mol. The van der Waals surface area contributed by atoms with Crippen molar-refractivity contribution in [2.24, 2.45) is 0 Å². The van der Waals surface area contributed by atoms with Crippen LogP contribution in [0.4, 0.5) is 4.79 Å². The molecule has 2 aliphatic heterocycles. The van der Waals surface area contributed by atoms with Crippen LogP contribution in [0.1, 0.15) is 32.8 Å². The maximum Gasteiger partial charge on any atom is 0.410 e. The summed E-state index contributed by atoms with van der Waals surface area (Å²) in [5, 5.41) is 9.60. The van der Waals surface area contributed by atoms with Crippen LogP contribution < -0.4 is 0 Å². The number of carbonyl (C=O) groups is 1. The second-order valence-corrected chi connectivity index (χ2v) is 7.32. The van der Waals surface area contributed by atoms with Gasteiger partial charge in [0.25, 0.3) is 0 Å². The summed E-state index contributed by atoms with van der Waals surface area (Å²) in [7, 11) is 0. The van der Waals surface area contributed by atoms with Gasteiger partial charge in [0.05, 0.1) is 12.1 Å². The lowest BCUT2D eigenvalue weighted by atomic mass is 10.1. The van der Waals surface area contributed by atoms with Gasteiger partial charge < -0.3 is 9.64 Å². The first-order valence-electron chi connectivity index (χ1n) is 8.08. The number of piperazine rings is 1. The van der Waals surface area contributed by atoms with Crippen molar-refractivity contribution in [3.05, 3.63) is 35.9 Å². The standard InChI is InChI=1S/C18H23N3O2/c1-18(2,3)23-17(22)21-12-14-9-15(21)16(10-19)20(14)11-13-7-5-4-6-8-13/h4-8,14-16H,9,11-12H2,1-3H3/t14-,15-,16-/m0/s1. The Balaban J connectivity index is 1.71. The van der Waals surface area contributed by atoms with Crippen LogP contribution in [0.5, 0.6) is 0 Å². The molecule has 5 heteroatoms. The molecule has 2 heterocycles. The Morgan fingerprint density at radius 3 is 2.65 bits per heavy atom. The number of benzene rings is 1. The Morgan fingerprint density at radius 2 is 2.04 bits per heavy atom. The summed E-state index contributed by atoms with van der Waals surface area (Å²) in [6.07, 6.45) is 0.550. The van der Waals surface area contributed by atoms with Gasteiger partial charge in [-0.3, -0.25) is 4.90 Å². The SMILES string of the molecule is CC(C)(C)OC(=O)N1C[C@@H]2C[C@H]1[C@H](C#N)N2Cc1ccccc1. The van der Waals surface area contributed by atoms with Crippen molar-refractivity contribution in [1.29, 1.82) is 5.26 Å². The van der Waals surface area contributed by atoms with Gasteiger partial charge in [0.2, 0.25) is 0 Å². The van der Waals surface area contributed by atoms with Crippen LogP contribution in [0.15, 0.2) is 30.3 Å². The van der Waals surface area contributed by atoms with Crippen LogP contribution in [-0.2, 0) is 11.3 Å². The van der Waals surface area contributed by atoms with E-state index >= 15 is 0 Å². The first-order valence-corrected chi connectivity index (χ1v) is 8.08. The summed E-state index contributed by atoms with van der Waals surface area (Å²) < 4.78 is 5.48.